The second kappa shape index (κ2) is 5.47. The van der Waals surface area contributed by atoms with Crippen LogP contribution in [0.4, 0.5) is 5.69 Å². The number of anilines is 1. The molecule has 4 rings (SSSR count). The van der Waals surface area contributed by atoms with Crippen molar-refractivity contribution in [2.24, 2.45) is 0 Å². The highest BCUT2D eigenvalue weighted by molar-refractivity contribution is 6.35. The topological polar surface area (TPSA) is 28.2 Å². The first-order chi connectivity index (χ1) is 10.3. The van der Waals surface area contributed by atoms with E-state index in [0.717, 1.165) is 22.0 Å². The van der Waals surface area contributed by atoms with Gasteiger partial charge in [0, 0.05) is 35.9 Å². The summed E-state index contributed by atoms with van der Waals surface area (Å²) in [7, 11) is 0. The van der Waals surface area contributed by atoms with E-state index in [-0.39, 0.29) is 0 Å². The number of halogens is 1. The summed E-state index contributed by atoms with van der Waals surface area (Å²) in [4.78, 5) is 7.06. The van der Waals surface area contributed by atoms with E-state index in [4.69, 9.17) is 11.6 Å². The lowest BCUT2D eigenvalue weighted by Crippen LogP contribution is -2.42. The zero-order valence-electron chi connectivity index (χ0n) is 12.1. The fraction of sp³-hybridized carbons (Fsp3) is 0.471. The molecule has 0 saturated carbocycles. The Morgan fingerprint density at radius 1 is 1.19 bits per heavy atom. The molecule has 3 nitrogen and oxygen atoms in total. The van der Waals surface area contributed by atoms with Crippen LogP contribution in [0.25, 0.3) is 10.9 Å². The van der Waals surface area contributed by atoms with Gasteiger partial charge in [0.05, 0.1) is 10.5 Å². The number of aromatic nitrogens is 1. The van der Waals surface area contributed by atoms with Gasteiger partial charge in [-0.25, -0.2) is 0 Å². The molecule has 0 bridgehead atoms. The Labute approximate surface area is 130 Å². The Morgan fingerprint density at radius 2 is 2.14 bits per heavy atom. The second-order valence-electron chi connectivity index (χ2n) is 6.19. The number of fused-ring (bicyclic) bond motifs is 2. The molecular weight excluding hydrogens is 282 g/mol. The molecule has 0 spiro atoms. The largest absolute Gasteiger partial charge is 0.382 e. The molecule has 110 valence electrons. The minimum absolute atomic E-state index is 0.564. The number of hydrogen-bond donors (Lipinski definition) is 1. The Kier molecular flexibility index (Phi) is 3.48. The summed E-state index contributed by atoms with van der Waals surface area (Å²) in [5.41, 5.74) is 2.06. The first kappa shape index (κ1) is 13.4. The Morgan fingerprint density at radius 3 is 3.10 bits per heavy atom. The average Bonchev–Trinajstić information content (AvgIpc) is 2.98. The van der Waals surface area contributed by atoms with Crippen molar-refractivity contribution >= 4 is 28.2 Å². The van der Waals surface area contributed by atoms with E-state index in [9.17, 15) is 0 Å². The minimum Gasteiger partial charge on any atom is -0.382 e. The van der Waals surface area contributed by atoms with Gasteiger partial charge in [0.1, 0.15) is 0 Å². The molecule has 2 aliphatic heterocycles. The lowest BCUT2D eigenvalue weighted by Gasteiger charge is -2.35. The van der Waals surface area contributed by atoms with Crippen molar-refractivity contribution in [2.45, 2.75) is 37.8 Å². The zero-order valence-corrected chi connectivity index (χ0v) is 12.8. The third kappa shape index (κ3) is 2.49. The van der Waals surface area contributed by atoms with Crippen LogP contribution in [-0.4, -0.2) is 35.1 Å². The molecule has 2 fully saturated rings. The van der Waals surface area contributed by atoms with Crippen molar-refractivity contribution in [3.05, 3.63) is 35.5 Å². The van der Waals surface area contributed by atoms with Gasteiger partial charge in [-0.15, -0.1) is 0 Å². The standard InChI is InChI=1S/C17H20ClN3/c18-15-5-6-16(14-4-1-8-19-17(14)15)20-12-7-10-21-9-2-3-13(21)11-12/h1,4-6,8,12-13,20H,2-3,7,9-11H2. The summed E-state index contributed by atoms with van der Waals surface area (Å²) in [5, 5.41) is 5.59. The van der Waals surface area contributed by atoms with Gasteiger partial charge in [-0.05, 0) is 56.5 Å². The van der Waals surface area contributed by atoms with Crippen LogP contribution in [0.3, 0.4) is 0 Å². The molecule has 2 saturated heterocycles. The van der Waals surface area contributed by atoms with Gasteiger partial charge >= 0.3 is 0 Å². The molecule has 2 unspecified atom stereocenters. The summed E-state index contributed by atoms with van der Waals surface area (Å²) in [6.07, 6.45) is 7.01. The van der Waals surface area contributed by atoms with Gasteiger partial charge in [-0.3, -0.25) is 4.98 Å². The van der Waals surface area contributed by atoms with Crippen molar-refractivity contribution in [2.75, 3.05) is 18.4 Å². The van der Waals surface area contributed by atoms with E-state index in [0.29, 0.717) is 6.04 Å². The number of piperidine rings is 1. The second-order valence-corrected chi connectivity index (χ2v) is 6.60. The van der Waals surface area contributed by atoms with Crippen molar-refractivity contribution in [3.8, 4) is 0 Å². The summed E-state index contributed by atoms with van der Waals surface area (Å²) >= 11 is 6.25. The summed E-state index contributed by atoms with van der Waals surface area (Å²) in [5.74, 6) is 0. The number of rotatable bonds is 2. The molecule has 1 N–H and O–H groups in total. The van der Waals surface area contributed by atoms with Gasteiger partial charge < -0.3 is 10.2 Å². The van der Waals surface area contributed by atoms with Gasteiger partial charge in [-0.1, -0.05) is 11.6 Å². The highest BCUT2D eigenvalue weighted by Gasteiger charge is 2.31. The Bertz CT molecular complexity index is 658. The SMILES string of the molecule is Clc1ccc(NC2CCN3CCCC3C2)c2cccnc12. The van der Waals surface area contributed by atoms with Crippen LogP contribution in [0.5, 0.6) is 0 Å². The first-order valence-corrected chi connectivity index (χ1v) is 8.23. The van der Waals surface area contributed by atoms with Gasteiger partial charge in [0.15, 0.2) is 0 Å². The van der Waals surface area contributed by atoms with Gasteiger partial charge in [0.25, 0.3) is 0 Å². The predicted octanol–water partition coefficient (Wildman–Crippen LogP) is 3.93. The maximum absolute atomic E-state index is 6.25. The van der Waals surface area contributed by atoms with Crippen LogP contribution in [0.1, 0.15) is 25.7 Å². The number of nitrogens with one attached hydrogen (secondary N) is 1. The van der Waals surface area contributed by atoms with Gasteiger partial charge in [-0.2, -0.15) is 0 Å². The van der Waals surface area contributed by atoms with Crippen LogP contribution in [0, 0.1) is 0 Å². The maximum Gasteiger partial charge on any atom is 0.0908 e. The summed E-state index contributed by atoms with van der Waals surface area (Å²) < 4.78 is 0. The first-order valence-electron chi connectivity index (χ1n) is 7.85. The highest BCUT2D eigenvalue weighted by atomic mass is 35.5. The quantitative estimate of drug-likeness (QED) is 0.911. The van der Waals surface area contributed by atoms with Crippen LogP contribution < -0.4 is 5.32 Å². The van der Waals surface area contributed by atoms with E-state index >= 15 is 0 Å². The molecule has 1 aromatic heterocycles. The number of benzene rings is 1. The van der Waals surface area contributed by atoms with Crippen molar-refractivity contribution < 1.29 is 0 Å². The molecule has 2 atom stereocenters. The Hall–Kier alpha value is -1.32. The third-order valence-corrected chi connectivity index (χ3v) is 5.21. The molecular formula is C17H20ClN3. The monoisotopic (exact) mass is 301 g/mol. The van der Waals surface area contributed by atoms with Gasteiger partial charge in [0.2, 0.25) is 0 Å². The third-order valence-electron chi connectivity index (χ3n) is 4.90. The molecule has 0 amide bonds. The fourth-order valence-corrected chi connectivity index (χ4v) is 4.05. The number of pyridine rings is 1. The van der Waals surface area contributed by atoms with E-state index in [1.54, 1.807) is 6.20 Å². The maximum atomic E-state index is 6.25. The van der Waals surface area contributed by atoms with E-state index in [1.807, 2.05) is 12.1 Å². The van der Waals surface area contributed by atoms with E-state index < -0.39 is 0 Å². The summed E-state index contributed by atoms with van der Waals surface area (Å²) in [6, 6.07) is 9.46. The van der Waals surface area contributed by atoms with Crippen molar-refractivity contribution in [1.82, 2.24) is 9.88 Å². The fourth-order valence-electron chi connectivity index (χ4n) is 3.84. The van der Waals surface area contributed by atoms with Crippen LogP contribution >= 0.6 is 11.6 Å². The van der Waals surface area contributed by atoms with Crippen LogP contribution in [0.15, 0.2) is 30.5 Å². The van der Waals surface area contributed by atoms with Crippen molar-refractivity contribution in [3.63, 3.8) is 0 Å². The van der Waals surface area contributed by atoms with E-state index in [2.05, 4.69) is 27.3 Å². The highest BCUT2D eigenvalue weighted by Crippen LogP contribution is 2.32. The van der Waals surface area contributed by atoms with E-state index in [1.165, 1.54) is 44.5 Å². The minimum atomic E-state index is 0.564. The number of nitrogens with zero attached hydrogens (tertiary/aromatic N) is 2. The lowest BCUT2D eigenvalue weighted by atomic mass is 9.97. The molecule has 0 aliphatic carbocycles. The molecule has 2 aromatic rings. The number of hydrogen-bond acceptors (Lipinski definition) is 3. The van der Waals surface area contributed by atoms with Crippen LogP contribution in [0.2, 0.25) is 5.02 Å². The average molecular weight is 302 g/mol. The zero-order chi connectivity index (χ0) is 14.2. The van der Waals surface area contributed by atoms with Crippen molar-refractivity contribution in [1.29, 1.82) is 0 Å². The molecule has 2 aliphatic rings. The van der Waals surface area contributed by atoms with Crippen LogP contribution in [-0.2, 0) is 0 Å². The normalized spacial score (nSPS) is 26.0. The molecule has 0 radical (unpaired) electrons. The molecule has 21 heavy (non-hydrogen) atoms. The Balaban J connectivity index is 1.58. The lowest BCUT2D eigenvalue weighted by molar-refractivity contribution is 0.188. The molecule has 3 heterocycles. The smallest absolute Gasteiger partial charge is 0.0908 e. The molecule has 4 heteroatoms. The molecule has 1 aromatic carbocycles. The predicted molar refractivity (Wildman–Crippen MR) is 88.0 cm³/mol. The summed E-state index contributed by atoms with van der Waals surface area (Å²) in [6.45, 7) is 2.53.